The van der Waals surface area contributed by atoms with E-state index >= 15 is 0 Å². The zero-order valence-electron chi connectivity index (χ0n) is 15.2. The summed E-state index contributed by atoms with van der Waals surface area (Å²) in [5, 5.41) is 21.1. The van der Waals surface area contributed by atoms with Crippen LogP contribution < -0.4 is 0 Å². The Balaban J connectivity index is 1.78. The maximum atomic E-state index is 13.0. The molecule has 28 heavy (non-hydrogen) atoms. The minimum Gasteiger partial charge on any atom is -0.504 e. The summed E-state index contributed by atoms with van der Waals surface area (Å²) in [5.41, 5.74) is 3.26. The lowest BCUT2D eigenvalue weighted by Gasteiger charge is -2.47. The molecule has 2 amide bonds. The first-order valence-electron chi connectivity index (χ1n) is 9.12. The van der Waals surface area contributed by atoms with Crippen molar-refractivity contribution in [2.75, 3.05) is 13.6 Å². The maximum absolute atomic E-state index is 13.0. The van der Waals surface area contributed by atoms with Crippen LogP contribution in [0.3, 0.4) is 0 Å². The van der Waals surface area contributed by atoms with Crippen LogP contribution >= 0.6 is 0 Å². The van der Waals surface area contributed by atoms with Gasteiger partial charge in [0, 0.05) is 36.1 Å². The largest absolute Gasteiger partial charge is 0.504 e. The van der Waals surface area contributed by atoms with Gasteiger partial charge in [-0.1, -0.05) is 18.2 Å². The fraction of sp³-hybridized carbons (Fsp3) is 0.238. The molecule has 0 unspecified atom stereocenters. The molecule has 3 N–H and O–H groups in total. The number of rotatable bonds is 1. The topological polar surface area (TPSA) is 96.9 Å². The van der Waals surface area contributed by atoms with Gasteiger partial charge in [0.2, 0.25) is 11.8 Å². The Morgan fingerprint density at radius 1 is 1.07 bits per heavy atom. The van der Waals surface area contributed by atoms with Crippen molar-refractivity contribution in [3.8, 4) is 11.5 Å². The minimum absolute atomic E-state index is 0.0214. The Morgan fingerprint density at radius 2 is 1.82 bits per heavy atom. The molecule has 2 aliphatic rings. The smallest absolute Gasteiger partial charge is 0.245 e. The van der Waals surface area contributed by atoms with Crippen molar-refractivity contribution >= 4 is 22.7 Å². The first-order chi connectivity index (χ1) is 13.5. The van der Waals surface area contributed by atoms with E-state index in [9.17, 15) is 19.8 Å². The summed E-state index contributed by atoms with van der Waals surface area (Å²) >= 11 is 0. The summed E-state index contributed by atoms with van der Waals surface area (Å²) in [6, 6.07) is 9.60. The molecule has 0 spiro atoms. The number of carbonyl (C=O) groups is 2. The number of carbonyl (C=O) groups excluding carboxylic acids is 2. The number of phenols is 2. The Morgan fingerprint density at radius 3 is 2.64 bits per heavy atom. The minimum atomic E-state index is -0.638. The highest BCUT2D eigenvalue weighted by Gasteiger charge is 2.47. The van der Waals surface area contributed by atoms with Crippen LogP contribution in [0.2, 0.25) is 0 Å². The average molecular weight is 377 g/mol. The van der Waals surface area contributed by atoms with Gasteiger partial charge in [-0.3, -0.25) is 9.59 Å². The molecule has 3 heterocycles. The van der Waals surface area contributed by atoms with Gasteiger partial charge < -0.3 is 25.0 Å². The number of piperazine rings is 1. The van der Waals surface area contributed by atoms with Gasteiger partial charge in [-0.2, -0.15) is 0 Å². The second kappa shape index (κ2) is 5.76. The number of nitrogens with zero attached hydrogens (tertiary/aromatic N) is 2. The number of amides is 2. The molecule has 0 aliphatic carbocycles. The third kappa shape index (κ3) is 2.22. The molecule has 0 saturated carbocycles. The molecule has 1 saturated heterocycles. The quantitative estimate of drug-likeness (QED) is 0.564. The fourth-order valence-corrected chi connectivity index (χ4v) is 4.48. The van der Waals surface area contributed by atoms with Crippen molar-refractivity contribution in [3.05, 3.63) is 59.3 Å². The summed E-state index contributed by atoms with van der Waals surface area (Å²) in [6.45, 7) is 0.0214. The molecule has 2 aromatic carbocycles. The van der Waals surface area contributed by atoms with E-state index in [1.54, 1.807) is 11.9 Å². The third-order valence-corrected chi connectivity index (χ3v) is 5.80. The van der Waals surface area contributed by atoms with Crippen LogP contribution in [0.15, 0.2) is 42.6 Å². The Labute approximate surface area is 160 Å². The first-order valence-corrected chi connectivity index (χ1v) is 9.12. The monoisotopic (exact) mass is 377 g/mol. The number of aromatic hydroxyl groups is 2. The fourth-order valence-electron chi connectivity index (χ4n) is 4.48. The number of phenolic OH excluding ortho intramolecular Hbond substituents is 2. The van der Waals surface area contributed by atoms with E-state index in [0.717, 1.165) is 27.6 Å². The number of hydrogen-bond acceptors (Lipinski definition) is 4. The molecule has 2 atom stereocenters. The lowest BCUT2D eigenvalue weighted by Crippen LogP contribution is -2.62. The van der Waals surface area contributed by atoms with Crippen molar-refractivity contribution in [1.29, 1.82) is 0 Å². The van der Waals surface area contributed by atoms with Gasteiger partial charge in [0.25, 0.3) is 0 Å². The van der Waals surface area contributed by atoms with E-state index in [1.165, 1.54) is 17.0 Å². The molecule has 5 rings (SSSR count). The van der Waals surface area contributed by atoms with Crippen LogP contribution in [-0.2, 0) is 16.0 Å². The van der Waals surface area contributed by atoms with Crippen molar-refractivity contribution in [2.45, 2.75) is 18.5 Å². The summed E-state index contributed by atoms with van der Waals surface area (Å²) in [4.78, 5) is 32.2. The van der Waals surface area contributed by atoms with Crippen molar-refractivity contribution in [1.82, 2.24) is 14.8 Å². The van der Waals surface area contributed by atoms with Gasteiger partial charge in [0.05, 0.1) is 12.6 Å². The number of fused-ring (bicyclic) bond motifs is 3. The van der Waals surface area contributed by atoms with E-state index in [-0.39, 0.29) is 29.9 Å². The van der Waals surface area contributed by atoms with Crippen LogP contribution in [0.1, 0.15) is 22.7 Å². The predicted octanol–water partition coefficient (Wildman–Crippen LogP) is 1.89. The molecule has 0 radical (unpaired) electrons. The number of aromatic nitrogens is 1. The zero-order chi connectivity index (χ0) is 19.6. The highest BCUT2D eigenvalue weighted by atomic mass is 16.3. The van der Waals surface area contributed by atoms with Gasteiger partial charge in [0.1, 0.15) is 6.04 Å². The summed E-state index contributed by atoms with van der Waals surface area (Å²) < 4.78 is 0. The number of benzene rings is 2. The van der Waals surface area contributed by atoms with E-state index < -0.39 is 12.1 Å². The second-order valence-corrected chi connectivity index (χ2v) is 7.45. The lowest BCUT2D eigenvalue weighted by atomic mass is 9.82. The Bertz CT molecular complexity index is 1140. The van der Waals surface area contributed by atoms with Crippen molar-refractivity contribution < 1.29 is 19.8 Å². The molecule has 1 aromatic heterocycles. The predicted molar refractivity (Wildman–Crippen MR) is 102 cm³/mol. The Hall–Kier alpha value is -3.48. The van der Waals surface area contributed by atoms with Crippen LogP contribution in [0.25, 0.3) is 10.9 Å². The van der Waals surface area contributed by atoms with Crippen molar-refractivity contribution in [2.24, 2.45) is 0 Å². The third-order valence-electron chi connectivity index (χ3n) is 5.80. The van der Waals surface area contributed by atoms with Gasteiger partial charge in [-0.05, 0) is 29.3 Å². The summed E-state index contributed by atoms with van der Waals surface area (Å²) in [7, 11) is 1.63. The van der Waals surface area contributed by atoms with Gasteiger partial charge in [-0.25, -0.2) is 0 Å². The second-order valence-electron chi connectivity index (χ2n) is 7.45. The zero-order valence-corrected chi connectivity index (χ0v) is 15.2. The molecule has 7 nitrogen and oxygen atoms in total. The molecular weight excluding hydrogens is 358 g/mol. The van der Waals surface area contributed by atoms with Gasteiger partial charge >= 0.3 is 0 Å². The first kappa shape index (κ1) is 16.7. The average Bonchev–Trinajstić information content (AvgIpc) is 3.10. The van der Waals surface area contributed by atoms with Crippen LogP contribution in [0.5, 0.6) is 11.5 Å². The Kier molecular flexibility index (Phi) is 3.43. The maximum Gasteiger partial charge on any atom is 0.245 e. The highest BCUT2D eigenvalue weighted by Crippen LogP contribution is 2.45. The van der Waals surface area contributed by atoms with Crippen molar-refractivity contribution in [3.63, 3.8) is 0 Å². The van der Waals surface area contributed by atoms with E-state index in [1.807, 2.05) is 30.5 Å². The van der Waals surface area contributed by atoms with Gasteiger partial charge in [0.15, 0.2) is 11.5 Å². The number of para-hydroxylation sites is 1. The van der Waals surface area contributed by atoms with E-state index in [0.29, 0.717) is 6.42 Å². The molecule has 7 heteroatoms. The number of nitrogens with one attached hydrogen (secondary N) is 1. The summed E-state index contributed by atoms with van der Waals surface area (Å²) in [5.74, 6) is -0.731. The normalized spacial score (nSPS) is 21.8. The highest BCUT2D eigenvalue weighted by molar-refractivity contribution is 5.96. The number of aromatic amines is 1. The molecule has 3 aromatic rings. The van der Waals surface area contributed by atoms with Gasteiger partial charge in [-0.15, -0.1) is 0 Å². The molecule has 142 valence electrons. The molecule has 1 fully saturated rings. The standard InChI is InChI=1S/C21H19N3O4/c1-23-10-19(27)24-16(21(23)28)6-11-7-17(25)18(26)8-13(11)20(24)14-9-22-15-5-3-2-4-12(14)15/h2-5,7-9,16,20,22,25-26H,6,10H2,1H3/t16-,20-/m0/s1. The number of likely N-dealkylation sites (N-methyl/N-ethyl adjacent to an activating group) is 1. The lowest BCUT2D eigenvalue weighted by molar-refractivity contribution is -0.157. The SMILES string of the molecule is CN1CC(=O)N2[C@H](c3c[nH]c4ccccc34)c3cc(O)c(O)cc3C[C@H]2C1=O. The number of hydrogen-bond donors (Lipinski definition) is 3. The summed E-state index contributed by atoms with van der Waals surface area (Å²) in [6.07, 6.45) is 2.15. The van der Waals surface area contributed by atoms with E-state index in [2.05, 4.69) is 4.98 Å². The van der Waals surface area contributed by atoms with E-state index in [4.69, 9.17) is 0 Å². The van der Waals surface area contributed by atoms with Crippen LogP contribution in [-0.4, -0.2) is 56.4 Å². The molecule has 0 bridgehead atoms. The van der Waals surface area contributed by atoms with Crippen LogP contribution in [0.4, 0.5) is 0 Å². The molecule has 2 aliphatic heterocycles. The van der Waals surface area contributed by atoms with Crippen LogP contribution in [0, 0.1) is 0 Å². The number of H-pyrrole nitrogens is 1. The molecular formula is C21H19N3O4.